The van der Waals surface area contributed by atoms with Crippen LogP contribution in [0.25, 0.3) is 6.08 Å². The summed E-state index contributed by atoms with van der Waals surface area (Å²) in [6.45, 7) is 2.38. The van der Waals surface area contributed by atoms with Crippen molar-refractivity contribution in [2.24, 2.45) is 0 Å². The third-order valence-electron chi connectivity index (χ3n) is 3.49. The van der Waals surface area contributed by atoms with Gasteiger partial charge in [0.05, 0.1) is 12.7 Å². The third kappa shape index (κ3) is 4.98. The van der Waals surface area contributed by atoms with Crippen LogP contribution in [-0.2, 0) is 11.3 Å². The Labute approximate surface area is 141 Å². The molecule has 0 fully saturated rings. The van der Waals surface area contributed by atoms with Gasteiger partial charge in [0.2, 0.25) is 0 Å². The summed E-state index contributed by atoms with van der Waals surface area (Å²) in [4.78, 5) is 23.1. The van der Waals surface area contributed by atoms with Gasteiger partial charge in [-0.3, -0.25) is 0 Å². The Kier molecular flexibility index (Phi) is 6.14. The minimum absolute atomic E-state index is 0.295. The number of esters is 1. The zero-order valence-corrected chi connectivity index (χ0v) is 13.7. The molecule has 2 aromatic rings. The van der Waals surface area contributed by atoms with Crippen LogP contribution in [0.3, 0.4) is 0 Å². The lowest BCUT2D eigenvalue weighted by Crippen LogP contribution is -2.31. The van der Waals surface area contributed by atoms with Gasteiger partial charge >= 0.3 is 12.0 Å². The molecule has 0 atom stereocenters. The number of carbonyl (C=O) groups is 2. The average Bonchev–Trinajstić information content (AvgIpc) is 2.61. The highest BCUT2D eigenvalue weighted by Gasteiger charge is 2.04. The van der Waals surface area contributed by atoms with Crippen molar-refractivity contribution in [3.63, 3.8) is 0 Å². The van der Waals surface area contributed by atoms with E-state index in [0.29, 0.717) is 12.1 Å². The highest BCUT2D eigenvalue weighted by Crippen LogP contribution is 2.08. The number of carbonyl (C=O) groups excluding carboxylic acids is 2. The number of methoxy groups -OCH3 is 1. The topological polar surface area (TPSA) is 67.4 Å². The maximum Gasteiger partial charge on any atom is 0.337 e. The van der Waals surface area contributed by atoms with Crippen molar-refractivity contribution in [1.82, 2.24) is 10.6 Å². The summed E-state index contributed by atoms with van der Waals surface area (Å²) in [6, 6.07) is 14.5. The lowest BCUT2D eigenvalue weighted by molar-refractivity contribution is 0.0600. The summed E-state index contributed by atoms with van der Waals surface area (Å²) in [5, 5.41) is 5.41. The molecule has 0 aliphatic carbocycles. The van der Waals surface area contributed by atoms with Crippen LogP contribution in [0.2, 0.25) is 0 Å². The second-order valence-corrected chi connectivity index (χ2v) is 5.21. The lowest BCUT2D eigenvalue weighted by atomic mass is 10.1. The second kappa shape index (κ2) is 8.53. The molecule has 5 heteroatoms. The molecule has 24 heavy (non-hydrogen) atoms. The first-order valence-electron chi connectivity index (χ1n) is 7.54. The minimum atomic E-state index is -0.381. The Morgan fingerprint density at radius 3 is 2.46 bits per heavy atom. The molecule has 0 heterocycles. The van der Waals surface area contributed by atoms with Crippen molar-refractivity contribution in [2.75, 3.05) is 7.11 Å². The van der Waals surface area contributed by atoms with E-state index in [1.807, 2.05) is 37.3 Å². The van der Waals surface area contributed by atoms with E-state index in [0.717, 1.165) is 16.7 Å². The van der Waals surface area contributed by atoms with Gasteiger partial charge < -0.3 is 15.4 Å². The Morgan fingerprint density at radius 1 is 1.08 bits per heavy atom. The van der Waals surface area contributed by atoms with Crippen LogP contribution < -0.4 is 10.6 Å². The van der Waals surface area contributed by atoms with Gasteiger partial charge in [0, 0.05) is 12.7 Å². The van der Waals surface area contributed by atoms with Crippen molar-refractivity contribution < 1.29 is 14.3 Å². The van der Waals surface area contributed by atoms with Gasteiger partial charge in [-0.05, 0) is 41.8 Å². The average molecular weight is 324 g/mol. The van der Waals surface area contributed by atoms with Gasteiger partial charge in [-0.1, -0.05) is 36.4 Å². The molecule has 0 bridgehead atoms. The van der Waals surface area contributed by atoms with Crippen molar-refractivity contribution in [3.05, 3.63) is 77.0 Å². The molecule has 2 N–H and O–H groups in total. The van der Waals surface area contributed by atoms with Crippen LogP contribution in [0.15, 0.2) is 54.7 Å². The molecular formula is C19H20N2O3. The van der Waals surface area contributed by atoms with E-state index in [1.54, 1.807) is 30.5 Å². The fraction of sp³-hybridized carbons (Fsp3) is 0.158. The Hall–Kier alpha value is -3.08. The molecule has 124 valence electrons. The quantitative estimate of drug-likeness (QED) is 0.830. The molecule has 0 radical (unpaired) electrons. The van der Waals surface area contributed by atoms with Crippen molar-refractivity contribution >= 4 is 18.1 Å². The van der Waals surface area contributed by atoms with E-state index in [-0.39, 0.29) is 12.0 Å². The molecular weight excluding hydrogens is 304 g/mol. The number of aryl methyl sites for hydroxylation is 1. The predicted molar refractivity (Wildman–Crippen MR) is 93.4 cm³/mol. The molecule has 0 aromatic heterocycles. The molecule has 0 aliphatic rings. The molecule has 0 unspecified atom stereocenters. The number of hydrogen-bond acceptors (Lipinski definition) is 3. The lowest BCUT2D eigenvalue weighted by Gasteiger charge is -2.06. The first kappa shape index (κ1) is 17.3. The molecule has 5 nitrogen and oxygen atoms in total. The monoisotopic (exact) mass is 324 g/mol. The van der Waals surface area contributed by atoms with E-state index in [4.69, 9.17) is 0 Å². The fourth-order valence-corrected chi connectivity index (χ4v) is 2.09. The first-order valence-corrected chi connectivity index (χ1v) is 7.54. The van der Waals surface area contributed by atoms with Crippen molar-refractivity contribution in [1.29, 1.82) is 0 Å². The maximum absolute atomic E-state index is 11.8. The molecule has 2 amide bonds. The van der Waals surface area contributed by atoms with Crippen LogP contribution in [0.4, 0.5) is 4.79 Å². The van der Waals surface area contributed by atoms with Crippen LogP contribution in [-0.4, -0.2) is 19.1 Å². The van der Waals surface area contributed by atoms with Crippen molar-refractivity contribution in [2.45, 2.75) is 13.5 Å². The largest absolute Gasteiger partial charge is 0.465 e. The summed E-state index contributed by atoms with van der Waals surface area (Å²) in [6.07, 6.45) is 3.46. The zero-order valence-electron chi connectivity index (χ0n) is 13.7. The standard InChI is InChI=1S/C19H20N2O3/c1-14-5-3-4-6-16(14)11-12-20-19(23)21-13-15-7-9-17(10-8-15)18(22)24-2/h3-12H,13H2,1-2H3,(H2,20,21,23)/b12-11+. The van der Waals surface area contributed by atoms with E-state index in [2.05, 4.69) is 15.4 Å². The van der Waals surface area contributed by atoms with Gasteiger partial charge in [-0.25, -0.2) is 9.59 Å². The van der Waals surface area contributed by atoms with E-state index >= 15 is 0 Å². The summed E-state index contributed by atoms with van der Waals surface area (Å²) in [5.74, 6) is -0.381. The van der Waals surface area contributed by atoms with Gasteiger partial charge in [0.25, 0.3) is 0 Å². The Bertz CT molecular complexity index is 737. The molecule has 0 saturated carbocycles. The molecule has 2 aromatic carbocycles. The van der Waals surface area contributed by atoms with Crippen LogP contribution in [0, 0.1) is 6.92 Å². The first-order chi connectivity index (χ1) is 11.6. The predicted octanol–water partition coefficient (Wildman–Crippen LogP) is 3.25. The minimum Gasteiger partial charge on any atom is -0.465 e. The zero-order chi connectivity index (χ0) is 17.4. The van der Waals surface area contributed by atoms with Crippen LogP contribution in [0.1, 0.15) is 27.0 Å². The Morgan fingerprint density at radius 2 is 1.79 bits per heavy atom. The number of hydrogen-bond donors (Lipinski definition) is 2. The highest BCUT2D eigenvalue weighted by atomic mass is 16.5. The highest BCUT2D eigenvalue weighted by molar-refractivity contribution is 5.89. The summed E-state index contributed by atoms with van der Waals surface area (Å²) in [5.41, 5.74) is 3.56. The number of amides is 2. The SMILES string of the molecule is COC(=O)c1ccc(CNC(=O)N/C=C/c2ccccc2C)cc1. The Balaban J connectivity index is 1.81. The van der Waals surface area contributed by atoms with Gasteiger partial charge in [-0.15, -0.1) is 0 Å². The van der Waals surface area contributed by atoms with Crippen LogP contribution in [0.5, 0.6) is 0 Å². The number of ether oxygens (including phenoxy) is 1. The number of urea groups is 1. The van der Waals surface area contributed by atoms with Gasteiger partial charge in [0.15, 0.2) is 0 Å². The second-order valence-electron chi connectivity index (χ2n) is 5.21. The number of rotatable bonds is 5. The molecule has 2 rings (SSSR count). The van der Waals surface area contributed by atoms with E-state index in [9.17, 15) is 9.59 Å². The third-order valence-corrected chi connectivity index (χ3v) is 3.49. The normalized spacial score (nSPS) is 10.4. The molecule has 0 spiro atoms. The molecule has 0 aliphatic heterocycles. The number of benzene rings is 2. The summed E-state index contributed by atoms with van der Waals surface area (Å²) in [7, 11) is 1.34. The fourth-order valence-electron chi connectivity index (χ4n) is 2.09. The summed E-state index contributed by atoms with van der Waals surface area (Å²) < 4.78 is 4.64. The van der Waals surface area contributed by atoms with Crippen LogP contribution >= 0.6 is 0 Å². The maximum atomic E-state index is 11.8. The number of nitrogens with one attached hydrogen (secondary N) is 2. The van der Waals surface area contributed by atoms with E-state index in [1.165, 1.54) is 7.11 Å². The summed E-state index contributed by atoms with van der Waals surface area (Å²) >= 11 is 0. The van der Waals surface area contributed by atoms with Gasteiger partial charge in [-0.2, -0.15) is 0 Å². The van der Waals surface area contributed by atoms with Gasteiger partial charge in [0.1, 0.15) is 0 Å². The smallest absolute Gasteiger partial charge is 0.337 e. The van der Waals surface area contributed by atoms with E-state index < -0.39 is 0 Å². The van der Waals surface area contributed by atoms with Crippen molar-refractivity contribution in [3.8, 4) is 0 Å². The molecule has 0 saturated heterocycles.